The first-order valence-electron chi connectivity index (χ1n) is 44.0. The molecule has 0 bridgehead atoms. The summed E-state index contributed by atoms with van der Waals surface area (Å²) in [7, 11) is 0. The number of hydrogen-bond donors (Lipinski definition) is 32. The van der Waals surface area contributed by atoms with Crippen molar-refractivity contribution in [1.82, 2.24) is 116 Å². The van der Waals surface area contributed by atoms with Gasteiger partial charge in [0, 0.05) is 44.3 Å². The third kappa shape index (κ3) is 43.2. The molecule has 2 heterocycles. The molecule has 2 aromatic rings. The third-order valence-electron chi connectivity index (χ3n) is 20.8. The zero-order valence-corrected chi connectivity index (χ0v) is 78.8. The first-order chi connectivity index (χ1) is 65.2. The molecule has 18 atom stereocenters. The molecule has 0 radical (unpaired) electrons. The second-order valence-corrected chi connectivity index (χ2v) is 33.7. The minimum absolute atomic E-state index is 0.0277. The van der Waals surface area contributed by atoms with Crippen molar-refractivity contribution in [3.63, 3.8) is 0 Å². The number of hydrogen-bond acceptors (Lipinski definition) is 31. The number of phenols is 1. The van der Waals surface area contributed by atoms with Crippen molar-refractivity contribution >= 4 is 155 Å². The summed E-state index contributed by atoms with van der Waals surface area (Å²) < 4.78 is 0. The van der Waals surface area contributed by atoms with Crippen molar-refractivity contribution < 1.29 is 141 Å². The van der Waals surface area contributed by atoms with Crippen LogP contribution in [0.25, 0.3) is 0 Å². The number of aromatic nitrogens is 2. The highest BCUT2D eigenvalue weighted by molar-refractivity contribution is 7.80. The number of rotatable bonds is 61. The lowest BCUT2D eigenvalue weighted by Crippen LogP contribution is -2.62. The number of aromatic hydroxyl groups is 1. The molecular formula is C82H129N27O29S. The van der Waals surface area contributed by atoms with Gasteiger partial charge in [-0.25, -0.2) is 9.78 Å². The van der Waals surface area contributed by atoms with E-state index in [1.54, 1.807) is 13.8 Å². The van der Waals surface area contributed by atoms with Crippen LogP contribution in [0.1, 0.15) is 138 Å². The maximum absolute atomic E-state index is 14.0. The number of carboxylic acids is 2. The molecule has 139 heavy (non-hydrogen) atoms. The Hall–Kier alpha value is -14.5. The van der Waals surface area contributed by atoms with Crippen LogP contribution in [-0.2, 0) is 123 Å². The molecule has 1 aliphatic rings. The van der Waals surface area contributed by atoms with Crippen LogP contribution < -0.4 is 124 Å². The summed E-state index contributed by atoms with van der Waals surface area (Å²) in [6.45, 7) is 7.54. The number of guanidine groups is 1. The van der Waals surface area contributed by atoms with Crippen molar-refractivity contribution in [3.8, 4) is 5.75 Å². The molecular weight excluding hydrogens is 1860 g/mol. The molecule has 772 valence electrons. The molecule has 0 spiro atoms. The van der Waals surface area contributed by atoms with Crippen molar-refractivity contribution in [2.24, 2.45) is 34.8 Å². The average molecular weight is 1990 g/mol. The van der Waals surface area contributed by atoms with E-state index in [4.69, 9.17) is 28.3 Å². The van der Waals surface area contributed by atoms with Gasteiger partial charge in [-0.1, -0.05) is 39.8 Å². The molecule has 1 aliphatic heterocycles. The zero-order chi connectivity index (χ0) is 105. The van der Waals surface area contributed by atoms with Gasteiger partial charge in [-0.05, 0) is 116 Å². The van der Waals surface area contributed by atoms with E-state index in [0.717, 1.165) is 32.6 Å². The minimum Gasteiger partial charge on any atom is -0.508 e. The number of aromatic amines is 1. The number of carboxylic acid groups (broad SMARTS) is 2. The Morgan fingerprint density at radius 1 is 0.482 bits per heavy atom. The largest absolute Gasteiger partial charge is 0.508 e. The second-order valence-electron chi connectivity index (χ2n) is 33.3. The summed E-state index contributed by atoms with van der Waals surface area (Å²) in [6.07, 6.45) is -4.26. The molecule has 57 heteroatoms. The van der Waals surface area contributed by atoms with Gasteiger partial charge in [-0.3, -0.25) is 111 Å². The van der Waals surface area contributed by atoms with Crippen LogP contribution in [0.15, 0.2) is 36.8 Å². The number of nitrogens with two attached hydrogens (primary N) is 4. The fourth-order valence-electron chi connectivity index (χ4n) is 13.1. The highest BCUT2D eigenvalue weighted by Gasteiger charge is 2.42. The van der Waals surface area contributed by atoms with Crippen molar-refractivity contribution in [2.75, 3.05) is 51.6 Å². The predicted molar refractivity (Wildman–Crippen MR) is 487 cm³/mol. The highest BCUT2D eigenvalue weighted by atomic mass is 32.1. The zero-order valence-electron chi connectivity index (χ0n) is 77.9. The fraction of sp³-hybridized carbons (Fsp3) is 0.598. The summed E-state index contributed by atoms with van der Waals surface area (Å²) >= 11 is 4.14. The molecule has 3 rings (SSSR count). The van der Waals surface area contributed by atoms with Gasteiger partial charge in [-0.15, -0.1) is 0 Å². The normalized spacial score (nSPS) is 15.8. The van der Waals surface area contributed by atoms with Crippen LogP contribution in [0.5, 0.6) is 5.75 Å². The number of benzene rings is 1. The van der Waals surface area contributed by atoms with Crippen molar-refractivity contribution in [3.05, 3.63) is 48.0 Å². The molecule has 35 N–H and O–H groups in total. The summed E-state index contributed by atoms with van der Waals surface area (Å²) in [6, 6.07) is -20.0. The van der Waals surface area contributed by atoms with Crippen LogP contribution in [0.3, 0.4) is 0 Å². The quantitative estimate of drug-likeness (QED) is 0.0127. The Morgan fingerprint density at radius 3 is 1.42 bits per heavy atom. The maximum atomic E-state index is 14.0. The molecule has 0 aliphatic carbocycles. The summed E-state index contributed by atoms with van der Waals surface area (Å²) in [5, 5.41) is 112. The number of thiol groups is 1. The van der Waals surface area contributed by atoms with E-state index < -0.39 is 315 Å². The number of phenolic OH excluding ortho intramolecular Hbond substituents is 1. The van der Waals surface area contributed by atoms with Gasteiger partial charge in [0.25, 0.3) is 0 Å². The Balaban J connectivity index is 1.59. The molecule has 0 unspecified atom stereocenters. The topological polar surface area (TPSA) is 902 Å². The van der Waals surface area contributed by atoms with Gasteiger partial charge in [0.1, 0.15) is 96.4 Å². The van der Waals surface area contributed by atoms with E-state index >= 15 is 0 Å². The average Bonchev–Trinajstić information content (AvgIpc) is 1.69. The fourth-order valence-corrected chi connectivity index (χ4v) is 13.4. The summed E-state index contributed by atoms with van der Waals surface area (Å²) in [4.78, 5) is 312. The number of nitrogens with zero attached hydrogens (tertiary/aromatic N) is 2. The number of likely N-dealkylation sites (tertiary alicyclic amines) is 1. The van der Waals surface area contributed by atoms with Gasteiger partial charge in [-0.2, -0.15) is 12.6 Å². The Bertz CT molecular complexity index is 4660. The van der Waals surface area contributed by atoms with Gasteiger partial charge in [0.05, 0.1) is 69.5 Å². The number of carbonyl (C=O) groups excluding carboxylic acids is 21. The number of aliphatic carboxylic acids is 2. The second kappa shape index (κ2) is 59.5. The molecule has 1 saturated heterocycles. The van der Waals surface area contributed by atoms with Gasteiger partial charge in [0.15, 0.2) is 5.96 Å². The van der Waals surface area contributed by atoms with E-state index in [-0.39, 0.29) is 87.6 Å². The molecule has 0 saturated carbocycles. The third-order valence-corrected chi connectivity index (χ3v) is 21.2. The number of carbonyl (C=O) groups is 23. The maximum Gasteiger partial charge on any atom is 0.326 e. The Labute approximate surface area is 801 Å². The lowest BCUT2D eigenvalue weighted by Gasteiger charge is -2.29. The van der Waals surface area contributed by atoms with E-state index in [1.807, 2.05) is 5.32 Å². The molecule has 1 fully saturated rings. The number of primary amides is 2. The van der Waals surface area contributed by atoms with Crippen LogP contribution in [0, 0.1) is 17.2 Å². The summed E-state index contributed by atoms with van der Waals surface area (Å²) in [5.74, 6) is -26.7. The van der Waals surface area contributed by atoms with E-state index in [0.29, 0.717) is 5.56 Å². The Morgan fingerprint density at radius 2 is 0.928 bits per heavy atom. The van der Waals surface area contributed by atoms with E-state index in [2.05, 4.69) is 118 Å². The van der Waals surface area contributed by atoms with Gasteiger partial charge in [0.2, 0.25) is 124 Å². The van der Waals surface area contributed by atoms with Crippen LogP contribution in [0.4, 0.5) is 0 Å². The number of amides is 21. The number of H-pyrrole nitrogens is 1. The van der Waals surface area contributed by atoms with E-state index in [1.165, 1.54) is 57.6 Å². The standard InChI is InChI=1S/C82H129N27O29S/c1-36(2)24-52(81(137)138)103-66(122)38(5)96-74(130)50(26-44-28-88-35-94-44)102-80(136)64(41(8)111)107-68(124)40(7)97-75(131)51(27-62(120)121)101-76(132)53(33-110)104-67(123)39(6)95-71(127)48(18-20-56(84)114)100-79(135)65(42(9)112)108-77(133)55-13-11-23-109(55)61(119)32-93-78(134)63(37(3)4)106-60(118)31-91-58(116)29-90-59(117)30-92-70(126)54(34-139)105-72(128)47(12-10-22-89-82(86)87)99-73(129)49(19-21-57(85)115)98-69(125)46(83)25-43-14-16-45(113)17-15-43/h14-17,28,35-42,46-55,63-65,110-113,139H,10-13,18-27,29-34,83H2,1-9H3,(H2,84,114)(H2,85,115)(H,88,94)(H,90,117)(H,91,116)(H,92,126)(H,93,134)(H,95,127)(H,96,130)(H,97,131)(H,98,125)(H,99,129)(H,100,135)(H,101,132)(H,102,136)(H,103,122)(H,104,123)(H,105,128)(H,106,118)(H,107,124)(H,108,133)(H,120,121)(H,137,138)(H4,86,87,89)/t38-,39-,40-,41+,42+,46-,47-,48-,49-,50-,51-,52-,53-,54-,55-,63-,64-,65-/m0/s1. The predicted octanol–water partition coefficient (Wildman–Crippen LogP) is -13.7. The smallest absolute Gasteiger partial charge is 0.326 e. The monoisotopic (exact) mass is 1990 g/mol. The molecule has 21 amide bonds. The van der Waals surface area contributed by atoms with Crippen LogP contribution in [0.2, 0.25) is 0 Å². The number of aliphatic hydroxyl groups excluding tert-OH is 3. The number of imidazole rings is 1. The Kier molecular flexibility index (Phi) is 50.8. The first kappa shape index (κ1) is 119. The lowest BCUT2D eigenvalue weighted by molar-refractivity contribution is -0.143. The SMILES string of the molecule is CC(C)C[C@H](NC(=O)[C@H](C)NC(=O)[C@H](Cc1c[nH]cn1)NC(=O)[C@@H](NC(=O)[C@H](C)NC(=O)[C@H](CC(=O)O)NC(=O)[C@H](CO)NC(=O)[C@H](C)NC(=O)[C@H](CCC(N)=O)NC(=O)[C@@H](NC(=O)[C@@H]1CCCN1C(=O)CNC(=O)[C@@H](NC(=O)CNC(=O)CNC(=O)CNC(=O)[C@H](CS)NC(=O)[C@H](CCCNC(=N)N)NC(=O)[C@H](CCC(N)=O)NC(=O)[C@@H](N)Cc1ccc(O)cc1)C(C)C)[C@@H](C)O)[C@@H](C)O)C(=O)O. The van der Waals surface area contributed by atoms with Gasteiger partial charge < -0.3 is 164 Å². The van der Waals surface area contributed by atoms with E-state index in [9.17, 15) is 141 Å². The number of aliphatic hydroxyl groups is 3. The first-order valence-corrected chi connectivity index (χ1v) is 44.6. The number of nitrogens with one attached hydrogen (secondary N) is 21. The van der Waals surface area contributed by atoms with Crippen LogP contribution >= 0.6 is 12.6 Å². The van der Waals surface area contributed by atoms with Crippen molar-refractivity contribution in [2.45, 2.75) is 248 Å². The van der Waals surface area contributed by atoms with Gasteiger partial charge >= 0.3 is 11.9 Å². The molecule has 56 nitrogen and oxygen atoms in total. The van der Waals surface area contributed by atoms with Crippen LogP contribution in [-0.4, -0.2) is 348 Å². The molecule has 1 aromatic carbocycles. The molecule has 1 aromatic heterocycles. The highest BCUT2D eigenvalue weighted by Crippen LogP contribution is 2.20. The minimum atomic E-state index is -2.10. The summed E-state index contributed by atoms with van der Waals surface area (Å²) in [5.41, 5.74) is 23.0. The lowest BCUT2D eigenvalue weighted by atomic mass is 10.0. The van der Waals surface area contributed by atoms with Crippen molar-refractivity contribution in [1.29, 1.82) is 5.41 Å².